The number of imidazole rings is 1. The van der Waals surface area contributed by atoms with Crippen molar-refractivity contribution in [2.75, 3.05) is 0 Å². The summed E-state index contributed by atoms with van der Waals surface area (Å²) < 4.78 is 0. The van der Waals surface area contributed by atoms with Crippen molar-refractivity contribution in [3.05, 3.63) is 41.5 Å². The summed E-state index contributed by atoms with van der Waals surface area (Å²) in [7, 11) is 0. The minimum atomic E-state index is -1.37. The third-order valence-electron chi connectivity index (χ3n) is 2.39. The number of carboxylic acid groups (broad SMARTS) is 1. The van der Waals surface area contributed by atoms with E-state index in [1.54, 1.807) is 6.20 Å². The molecular weight excluding hydrogens is 224 g/mol. The normalized spacial score (nSPS) is 10.4. The van der Waals surface area contributed by atoms with Gasteiger partial charge in [-0.15, -0.1) is 0 Å². The summed E-state index contributed by atoms with van der Waals surface area (Å²) in [6.45, 7) is 0. The molecule has 88 valence electrons. The number of nitrogens with zero attached hydrogens (tertiary/aromatic N) is 1. The third kappa shape index (κ3) is 2.05. The number of aromatic carboxylic acids is 1. The minimum absolute atomic E-state index is 0.312. The van der Waals surface area contributed by atoms with Crippen molar-refractivity contribution in [1.82, 2.24) is 9.97 Å². The lowest BCUT2D eigenvalue weighted by Gasteiger charge is -2.07. The van der Waals surface area contributed by atoms with Gasteiger partial charge in [-0.3, -0.25) is 0 Å². The zero-order chi connectivity index (χ0) is 12.4. The largest absolute Gasteiger partial charge is 0.507 e. The van der Waals surface area contributed by atoms with Gasteiger partial charge >= 0.3 is 5.97 Å². The quantitative estimate of drug-likeness (QED) is 0.636. The Bertz CT molecular complexity index is 549. The van der Waals surface area contributed by atoms with Crippen LogP contribution in [0.1, 0.15) is 21.6 Å². The molecule has 0 aliphatic rings. The molecule has 1 aromatic heterocycles. The number of carboxylic acids is 1. The number of hydrogen-bond acceptors (Lipinski definition) is 4. The van der Waals surface area contributed by atoms with Gasteiger partial charge in [-0.05, 0) is 6.07 Å². The van der Waals surface area contributed by atoms with Gasteiger partial charge in [0.1, 0.15) is 17.1 Å². The van der Waals surface area contributed by atoms with E-state index in [1.807, 2.05) is 0 Å². The second kappa shape index (κ2) is 4.17. The number of nitrogens with one attached hydrogen (secondary N) is 1. The van der Waals surface area contributed by atoms with Gasteiger partial charge in [0.2, 0.25) is 0 Å². The lowest BCUT2D eigenvalue weighted by molar-refractivity contribution is 0.0690. The lowest BCUT2D eigenvalue weighted by Crippen LogP contribution is -2.00. The van der Waals surface area contributed by atoms with Crippen molar-refractivity contribution in [2.45, 2.75) is 6.42 Å². The molecule has 0 atom stereocenters. The topological polar surface area (TPSA) is 106 Å². The van der Waals surface area contributed by atoms with Gasteiger partial charge in [0.05, 0.1) is 6.33 Å². The van der Waals surface area contributed by atoms with Crippen molar-refractivity contribution in [1.29, 1.82) is 0 Å². The SMILES string of the molecule is O=C(O)c1c(O)ccc(Cc2cnc[nH]2)c1O. The van der Waals surface area contributed by atoms with Crippen LogP contribution in [-0.2, 0) is 6.42 Å². The Balaban J connectivity index is 2.42. The van der Waals surface area contributed by atoms with Crippen molar-refractivity contribution < 1.29 is 20.1 Å². The molecule has 2 rings (SSSR count). The number of carbonyl (C=O) groups is 1. The fraction of sp³-hybridized carbons (Fsp3) is 0.0909. The molecule has 1 aromatic carbocycles. The Labute approximate surface area is 96.2 Å². The van der Waals surface area contributed by atoms with E-state index in [1.165, 1.54) is 18.5 Å². The molecule has 4 N–H and O–H groups in total. The van der Waals surface area contributed by atoms with Crippen LogP contribution in [0.2, 0.25) is 0 Å². The second-order valence-electron chi connectivity index (χ2n) is 3.53. The van der Waals surface area contributed by atoms with Crippen molar-refractivity contribution >= 4 is 5.97 Å². The number of rotatable bonds is 3. The van der Waals surface area contributed by atoms with Gasteiger partial charge in [0, 0.05) is 23.9 Å². The first-order chi connectivity index (χ1) is 8.09. The van der Waals surface area contributed by atoms with E-state index in [4.69, 9.17) is 5.11 Å². The molecule has 6 nitrogen and oxygen atoms in total. The standard InChI is InChI=1S/C11H10N2O4/c14-8-2-1-6(3-7-4-12-5-13-7)10(15)9(8)11(16)17/h1-2,4-5,14-15H,3H2,(H,12,13)(H,16,17). The number of aromatic nitrogens is 2. The van der Waals surface area contributed by atoms with Crippen LogP contribution < -0.4 is 0 Å². The molecule has 1 heterocycles. The van der Waals surface area contributed by atoms with E-state index in [2.05, 4.69) is 9.97 Å². The van der Waals surface area contributed by atoms with Crippen LogP contribution in [0.4, 0.5) is 0 Å². The number of aromatic amines is 1. The fourth-order valence-corrected chi connectivity index (χ4v) is 1.56. The molecule has 0 spiro atoms. The van der Waals surface area contributed by atoms with Crippen LogP contribution in [-0.4, -0.2) is 31.3 Å². The van der Waals surface area contributed by atoms with E-state index in [0.29, 0.717) is 12.0 Å². The molecule has 0 saturated heterocycles. The molecule has 0 bridgehead atoms. The maximum Gasteiger partial charge on any atom is 0.343 e. The Morgan fingerprint density at radius 3 is 2.71 bits per heavy atom. The number of phenols is 2. The van der Waals surface area contributed by atoms with Crippen LogP contribution in [0.25, 0.3) is 0 Å². The Hall–Kier alpha value is -2.50. The Kier molecular flexibility index (Phi) is 2.70. The summed E-state index contributed by atoms with van der Waals surface area (Å²) in [6, 6.07) is 2.72. The van der Waals surface area contributed by atoms with Crippen LogP contribution >= 0.6 is 0 Å². The lowest BCUT2D eigenvalue weighted by atomic mass is 10.0. The average Bonchev–Trinajstić information content (AvgIpc) is 2.74. The summed E-state index contributed by atoms with van der Waals surface area (Å²) in [4.78, 5) is 17.5. The van der Waals surface area contributed by atoms with Gasteiger partial charge in [-0.2, -0.15) is 0 Å². The molecule has 0 aliphatic carbocycles. The van der Waals surface area contributed by atoms with Gasteiger partial charge in [-0.1, -0.05) is 6.07 Å². The smallest absolute Gasteiger partial charge is 0.343 e. The van der Waals surface area contributed by atoms with Crippen molar-refractivity contribution in [2.24, 2.45) is 0 Å². The van der Waals surface area contributed by atoms with E-state index in [-0.39, 0.29) is 0 Å². The van der Waals surface area contributed by atoms with Gasteiger partial charge in [-0.25, -0.2) is 9.78 Å². The Morgan fingerprint density at radius 2 is 2.12 bits per heavy atom. The maximum atomic E-state index is 10.9. The molecule has 0 radical (unpaired) electrons. The molecule has 6 heteroatoms. The van der Waals surface area contributed by atoms with E-state index < -0.39 is 23.0 Å². The van der Waals surface area contributed by atoms with Crippen molar-refractivity contribution in [3.8, 4) is 11.5 Å². The Morgan fingerprint density at radius 1 is 1.35 bits per heavy atom. The van der Waals surface area contributed by atoms with E-state index >= 15 is 0 Å². The minimum Gasteiger partial charge on any atom is -0.507 e. The maximum absolute atomic E-state index is 10.9. The van der Waals surface area contributed by atoms with E-state index in [0.717, 1.165) is 5.69 Å². The average molecular weight is 234 g/mol. The van der Waals surface area contributed by atoms with Crippen LogP contribution in [0.3, 0.4) is 0 Å². The summed E-state index contributed by atoms with van der Waals surface area (Å²) in [6.07, 6.45) is 3.38. The molecule has 17 heavy (non-hydrogen) atoms. The number of benzene rings is 1. The number of H-pyrrole nitrogens is 1. The second-order valence-corrected chi connectivity index (χ2v) is 3.53. The van der Waals surface area contributed by atoms with Crippen LogP contribution in [0.15, 0.2) is 24.7 Å². The highest BCUT2D eigenvalue weighted by molar-refractivity contribution is 5.94. The van der Waals surface area contributed by atoms with Gasteiger partial charge < -0.3 is 20.3 Å². The van der Waals surface area contributed by atoms with E-state index in [9.17, 15) is 15.0 Å². The first kappa shape index (κ1) is 11.0. The molecule has 0 saturated carbocycles. The van der Waals surface area contributed by atoms with Gasteiger partial charge in [0.25, 0.3) is 0 Å². The molecule has 0 aliphatic heterocycles. The highest BCUT2D eigenvalue weighted by Gasteiger charge is 2.18. The summed E-state index contributed by atoms with van der Waals surface area (Å²) in [5, 5.41) is 28.0. The fourth-order valence-electron chi connectivity index (χ4n) is 1.56. The third-order valence-corrected chi connectivity index (χ3v) is 2.39. The molecular formula is C11H10N2O4. The van der Waals surface area contributed by atoms with Crippen LogP contribution in [0.5, 0.6) is 11.5 Å². The summed E-state index contributed by atoms with van der Waals surface area (Å²) in [5.41, 5.74) is 0.661. The number of hydrogen-bond donors (Lipinski definition) is 4. The first-order valence-corrected chi connectivity index (χ1v) is 4.84. The van der Waals surface area contributed by atoms with Crippen molar-refractivity contribution in [3.63, 3.8) is 0 Å². The zero-order valence-corrected chi connectivity index (χ0v) is 8.71. The molecule has 0 unspecified atom stereocenters. The predicted molar refractivity (Wildman–Crippen MR) is 58.1 cm³/mol. The first-order valence-electron chi connectivity index (χ1n) is 4.84. The summed E-state index contributed by atoms with van der Waals surface area (Å²) in [5.74, 6) is -2.25. The predicted octanol–water partition coefficient (Wildman–Crippen LogP) is 1.11. The van der Waals surface area contributed by atoms with Crippen LogP contribution in [0, 0.1) is 0 Å². The monoisotopic (exact) mass is 234 g/mol. The molecule has 0 fully saturated rings. The highest BCUT2D eigenvalue weighted by atomic mass is 16.4. The molecule has 2 aromatic rings. The number of aromatic hydroxyl groups is 2. The van der Waals surface area contributed by atoms with Gasteiger partial charge in [0.15, 0.2) is 0 Å². The zero-order valence-electron chi connectivity index (χ0n) is 8.71. The highest BCUT2D eigenvalue weighted by Crippen LogP contribution is 2.31. The summed E-state index contributed by atoms with van der Waals surface area (Å²) >= 11 is 0. The molecule has 0 amide bonds.